The number of carbonyl (C=O) groups is 4. The molecule has 3 fully saturated rings. The zero-order valence-corrected chi connectivity index (χ0v) is 26.3. The van der Waals surface area contributed by atoms with Crippen molar-refractivity contribution < 1.29 is 28.7 Å². The topological polar surface area (TPSA) is 95.0 Å². The lowest BCUT2D eigenvalue weighted by Gasteiger charge is -2.49. The summed E-state index contributed by atoms with van der Waals surface area (Å²) in [4.78, 5) is 58.9. The third-order valence-electron chi connectivity index (χ3n) is 10.1. The second-order valence-electron chi connectivity index (χ2n) is 12.4. The van der Waals surface area contributed by atoms with Crippen molar-refractivity contribution in [2.24, 2.45) is 29.1 Å². The first-order valence-corrected chi connectivity index (χ1v) is 15.6. The van der Waals surface area contributed by atoms with Gasteiger partial charge in [-0.15, -0.1) is 0 Å². The maximum absolute atomic E-state index is 14.5. The van der Waals surface area contributed by atoms with Crippen LogP contribution in [0.4, 0.5) is 15.8 Å². The van der Waals surface area contributed by atoms with Crippen molar-refractivity contribution in [3.63, 3.8) is 0 Å². The van der Waals surface area contributed by atoms with Gasteiger partial charge in [0.1, 0.15) is 11.6 Å². The van der Waals surface area contributed by atoms with Crippen LogP contribution in [0.25, 0.3) is 0 Å². The van der Waals surface area contributed by atoms with E-state index in [1.807, 2.05) is 13.0 Å². The Morgan fingerprint density at radius 1 is 0.822 bits per heavy atom. The number of phenols is 1. The number of nitrogens with zero attached hydrogens (tertiary/aromatic N) is 2. The molecule has 45 heavy (non-hydrogen) atoms. The van der Waals surface area contributed by atoms with Crippen LogP contribution in [0, 0.1) is 41.8 Å². The molecule has 0 aromatic heterocycles. The van der Waals surface area contributed by atoms with Crippen molar-refractivity contribution in [3.8, 4) is 5.75 Å². The number of carbonyl (C=O) groups excluding carboxylic acids is 4. The average Bonchev–Trinajstić information content (AvgIpc) is 3.36. The lowest BCUT2D eigenvalue weighted by atomic mass is 9.51. The lowest BCUT2D eigenvalue weighted by molar-refractivity contribution is -0.131. The molecule has 0 radical (unpaired) electrons. The van der Waals surface area contributed by atoms with E-state index in [1.165, 1.54) is 29.2 Å². The number of amides is 4. The Hall–Kier alpha value is -3.72. The number of allylic oxidation sites excluding steroid dienone is 2. The lowest BCUT2D eigenvalue weighted by Crippen LogP contribution is -2.49. The number of phenolic OH excluding ortho intramolecular Hbond substituents is 1. The molecule has 2 aliphatic carbocycles. The first kappa shape index (κ1) is 30.0. The molecule has 230 valence electrons. The van der Waals surface area contributed by atoms with E-state index < -0.39 is 58.5 Å². The van der Waals surface area contributed by atoms with Crippen molar-refractivity contribution in [1.82, 2.24) is 0 Å². The minimum atomic E-state index is -1.36. The highest BCUT2D eigenvalue weighted by molar-refractivity contribution is 6.33. The smallest absolute Gasteiger partial charge is 0.241 e. The number of rotatable bonds is 3. The molecule has 7 rings (SSSR count). The molecule has 2 saturated heterocycles. The van der Waals surface area contributed by atoms with Gasteiger partial charge >= 0.3 is 0 Å². The van der Waals surface area contributed by atoms with Crippen molar-refractivity contribution >= 4 is 69.8 Å². The van der Waals surface area contributed by atoms with Gasteiger partial charge in [0.05, 0.1) is 39.6 Å². The van der Waals surface area contributed by atoms with E-state index in [9.17, 15) is 28.7 Å². The van der Waals surface area contributed by atoms with Crippen LogP contribution in [0.15, 0.2) is 66.2 Å². The van der Waals surface area contributed by atoms with Crippen LogP contribution in [-0.4, -0.2) is 28.7 Å². The van der Waals surface area contributed by atoms with E-state index in [4.69, 9.17) is 34.8 Å². The molecule has 2 aliphatic heterocycles. The van der Waals surface area contributed by atoms with E-state index in [2.05, 4.69) is 0 Å². The fraction of sp³-hybridized carbons (Fsp3) is 0.294. The van der Waals surface area contributed by atoms with Gasteiger partial charge in [-0.1, -0.05) is 58.6 Å². The number of imide groups is 2. The summed E-state index contributed by atoms with van der Waals surface area (Å²) in [5.74, 6) is -6.20. The standard InChI is InChI=1S/C34H26Cl3FN2O5/c1-15-3-4-16(11-24(15)35)39-30(42)21-9-8-19-22(28(21)32(39)44)14-23-31(43)40(17-5-10-27(38)26(37)12-17)33(45)34(23,2)29(19)20-7-6-18(41)13-25(20)36/h3-8,10-13,21-23,28-29,41H,9,14H2,1-2H3. The molecular formula is C34H26Cl3FN2O5. The van der Waals surface area contributed by atoms with Crippen LogP contribution in [0.1, 0.15) is 36.8 Å². The maximum atomic E-state index is 14.5. The Morgan fingerprint density at radius 2 is 1.51 bits per heavy atom. The van der Waals surface area contributed by atoms with E-state index in [0.29, 0.717) is 16.3 Å². The number of halogens is 4. The van der Waals surface area contributed by atoms with Crippen LogP contribution >= 0.6 is 34.8 Å². The highest BCUT2D eigenvalue weighted by atomic mass is 35.5. The Labute approximate surface area is 273 Å². The highest BCUT2D eigenvalue weighted by Gasteiger charge is 2.68. The monoisotopic (exact) mass is 666 g/mol. The van der Waals surface area contributed by atoms with Gasteiger partial charge in [-0.2, -0.15) is 0 Å². The van der Waals surface area contributed by atoms with Gasteiger partial charge in [0.15, 0.2) is 0 Å². The molecule has 6 unspecified atom stereocenters. The molecule has 0 bridgehead atoms. The summed E-state index contributed by atoms with van der Waals surface area (Å²) < 4.78 is 14.1. The SMILES string of the molecule is Cc1ccc(N2C(=O)C3CC=C4C(CC5C(=O)N(c6ccc(F)c(Cl)c6)C(=O)C5(C)C4c4ccc(O)cc4Cl)C3C2=O)cc1Cl. The molecule has 0 spiro atoms. The number of hydrogen-bond donors (Lipinski definition) is 1. The number of anilines is 2. The number of hydrogen-bond acceptors (Lipinski definition) is 5. The molecular weight excluding hydrogens is 642 g/mol. The van der Waals surface area contributed by atoms with Crippen molar-refractivity contribution in [3.05, 3.63) is 98.3 Å². The molecule has 7 nitrogen and oxygen atoms in total. The van der Waals surface area contributed by atoms with Crippen LogP contribution in [-0.2, 0) is 19.2 Å². The summed E-state index contributed by atoms with van der Waals surface area (Å²) in [6.07, 6.45) is 2.30. The minimum Gasteiger partial charge on any atom is -0.508 e. The van der Waals surface area contributed by atoms with Crippen LogP contribution in [0.5, 0.6) is 5.75 Å². The third-order valence-corrected chi connectivity index (χ3v) is 11.2. The molecule has 6 atom stereocenters. The molecule has 1 N–H and O–H groups in total. The van der Waals surface area contributed by atoms with E-state index in [1.54, 1.807) is 31.2 Å². The summed E-state index contributed by atoms with van der Waals surface area (Å²) in [6.45, 7) is 3.54. The molecule has 4 aliphatic rings. The fourth-order valence-corrected chi connectivity index (χ4v) is 8.59. The van der Waals surface area contributed by atoms with Gasteiger partial charge in [-0.05, 0) is 86.2 Å². The number of fused-ring (bicyclic) bond motifs is 4. The van der Waals surface area contributed by atoms with Gasteiger partial charge in [0.2, 0.25) is 23.6 Å². The summed E-state index contributed by atoms with van der Waals surface area (Å²) in [5.41, 5.74) is 1.21. The average molecular weight is 668 g/mol. The Bertz CT molecular complexity index is 1900. The predicted molar refractivity (Wildman–Crippen MR) is 168 cm³/mol. The molecule has 2 heterocycles. The molecule has 11 heteroatoms. The Balaban J connectivity index is 1.37. The van der Waals surface area contributed by atoms with Crippen LogP contribution in [0.2, 0.25) is 15.1 Å². The highest BCUT2D eigenvalue weighted by Crippen LogP contribution is 2.64. The molecule has 3 aromatic rings. The largest absolute Gasteiger partial charge is 0.508 e. The van der Waals surface area contributed by atoms with Gasteiger partial charge in [-0.25, -0.2) is 14.2 Å². The van der Waals surface area contributed by atoms with E-state index >= 15 is 0 Å². The van der Waals surface area contributed by atoms with E-state index in [0.717, 1.165) is 22.1 Å². The molecule has 4 amide bonds. The Morgan fingerprint density at radius 3 is 2.20 bits per heavy atom. The van der Waals surface area contributed by atoms with Gasteiger partial charge in [-0.3, -0.25) is 19.2 Å². The second-order valence-corrected chi connectivity index (χ2v) is 13.6. The van der Waals surface area contributed by atoms with Crippen LogP contribution < -0.4 is 9.80 Å². The summed E-state index contributed by atoms with van der Waals surface area (Å²) in [7, 11) is 0. The maximum Gasteiger partial charge on any atom is 0.241 e. The summed E-state index contributed by atoms with van der Waals surface area (Å²) in [6, 6.07) is 13.1. The number of aromatic hydroxyl groups is 1. The first-order valence-electron chi connectivity index (χ1n) is 14.5. The van der Waals surface area contributed by atoms with Crippen molar-refractivity contribution in [1.29, 1.82) is 0 Å². The molecule has 3 aromatic carbocycles. The van der Waals surface area contributed by atoms with Crippen molar-refractivity contribution in [2.45, 2.75) is 32.6 Å². The molecule has 1 saturated carbocycles. The van der Waals surface area contributed by atoms with Crippen LogP contribution in [0.3, 0.4) is 0 Å². The summed E-state index contributed by atoms with van der Waals surface area (Å²) in [5, 5.41) is 10.5. The Kier molecular flexibility index (Phi) is 6.93. The third kappa shape index (κ3) is 4.22. The van der Waals surface area contributed by atoms with Crippen molar-refractivity contribution in [2.75, 3.05) is 9.80 Å². The number of aryl methyl sites for hydroxylation is 1. The zero-order chi connectivity index (χ0) is 32.1. The normalized spacial score (nSPS) is 29.1. The minimum absolute atomic E-state index is 0.0733. The van der Waals surface area contributed by atoms with E-state index in [-0.39, 0.29) is 40.2 Å². The summed E-state index contributed by atoms with van der Waals surface area (Å²) >= 11 is 19.1. The van der Waals surface area contributed by atoms with Gasteiger partial charge in [0, 0.05) is 16.0 Å². The van der Waals surface area contributed by atoms with Gasteiger partial charge in [0.25, 0.3) is 0 Å². The fourth-order valence-electron chi connectivity index (χ4n) is 7.96. The predicted octanol–water partition coefficient (Wildman–Crippen LogP) is 7.24. The quantitative estimate of drug-likeness (QED) is 0.235. The van der Waals surface area contributed by atoms with Gasteiger partial charge < -0.3 is 5.11 Å². The number of benzene rings is 3. The first-order chi connectivity index (χ1) is 21.3. The zero-order valence-electron chi connectivity index (χ0n) is 24.1. The second kappa shape index (κ2) is 10.4.